The highest BCUT2D eigenvalue weighted by Crippen LogP contribution is 2.42. The first kappa shape index (κ1) is 11.7. The SMILES string of the molecule is O=C1NC(=O)C2(CCCC2)C(=O)N1CC1CCC1. The quantitative estimate of drug-likeness (QED) is 0.754. The summed E-state index contributed by atoms with van der Waals surface area (Å²) in [6, 6.07) is -0.519. The summed E-state index contributed by atoms with van der Waals surface area (Å²) < 4.78 is 0. The number of urea groups is 1. The predicted molar refractivity (Wildman–Crippen MR) is 63.5 cm³/mol. The van der Waals surface area contributed by atoms with Crippen molar-refractivity contribution in [2.24, 2.45) is 11.3 Å². The maximum absolute atomic E-state index is 12.5. The molecule has 4 amide bonds. The number of carbonyl (C=O) groups excluding carboxylic acids is 3. The van der Waals surface area contributed by atoms with Gasteiger partial charge in [0.05, 0.1) is 0 Å². The van der Waals surface area contributed by atoms with E-state index in [1.54, 1.807) is 0 Å². The van der Waals surface area contributed by atoms with Crippen molar-refractivity contribution in [2.75, 3.05) is 6.54 Å². The van der Waals surface area contributed by atoms with Crippen LogP contribution >= 0.6 is 0 Å². The summed E-state index contributed by atoms with van der Waals surface area (Å²) in [4.78, 5) is 37.6. The number of nitrogens with one attached hydrogen (secondary N) is 1. The van der Waals surface area contributed by atoms with Crippen LogP contribution in [0.4, 0.5) is 4.79 Å². The van der Waals surface area contributed by atoms with Gasteiger partial charge in [-0.3, -0.25) is 19.8 Å². The zero-order valence-corrected chi connectivity index (χ0v) is 10.4. The van der Waals surface area contributed by atoms with Crippen molar-refractivity contribution in [2.45, 2.75) is 44.9 Å². The van der Waals surface area contributed by atoms with E-state index >= 15 is 0 Å². The van der Waals surface area contributed by atoms with E-state index < -0.39 is 11.4 Å². The molecule has 2 saturated carbocycles. The van der Waals surface area contributed by atoms with Gasteiger partial charge in [0.25, 0.3) is 0 Å². The van der Waals surface area contributed by atoms with Crippen LogP contribution in [0.3, 0.4) is 0 Å². The van der Waals surface area contributed by atoms with E-state index in [1.165, 1.54) is 11.3 Å². The van der Waals surface area contributed by atoms with Gasteiger partial charge in [0.1, 0.15) is 5.41 Å². The fourth-order valence-electron chi connectivity index (χ4n) is 3.25. The second-order valence-corrected chi connectivity index (χ2v) is 5.76. The van der Waals surface area contributed by atoms with Gasteiger partial charge < -0.3 is 0 Å². The Hall–Kier alpha value is -1.39. The first-order valence-corrected chi connectivity index (χ1v) is 6.81. The molecule has 98 valence electrons. The Morgan fingerprint density at radius 1 is 1.11 bits per heavy atom. The monoisotopic (exact) mass is 250 g/mol. The molecule has 0 aromatic heterocycles. The van der Waals surface area contributed by atoms with Crippen molar-refractivity contribution in [1.29, 1.82) is 0 Å². The van der Waals surface area contributed by atoms with Crippen molar-refractivity contribution < 1.29 is 14.4 Å². The second kappa shape index (κ2) is 4.07. The van der Waals surface area contributed by atoms with E-state index in [4.69, 9.17) is 0 Å². The smallest absolute Gasteiger partial charge is 0.277 e. The third kappa shape index (κ3) is 1.56. The Kier molecular flexibility index (Phi) is 2.64. The van der Waals surface area contributed by atoms with E-state index in [2.05, 4.69) is 5.32 Å². The fraction of sp³-hybridized carbons (Fsp3) is 0.769. The Labute approximate surface area is 106 Å². The van der Waals surface area contributed by atoms with Gasteiger partial charge in [0.15, 0.2) is 0 Å². The first-order chi connectivity index (χ1) is 8.63. The fourth-order valence-corrected chi connectivity index (χ4v) is 3.25. The predicted octanol–water partition coefficient (Wildman–Crippen LogP) is 1.43. The van der Waals surface area contributed by atoms with E-state index in [1.807, 2.05) is 0 Å². The lowest BCUT2D eigenvalue weighted by atomic mass is 9.80. The van der Waals surface area contributed by atoms with E-state index in [0.717, 1.165) is 25.7 Å². The van der Waals surface area contributed by atoms with Gasteiger partial charge in [-0.2, -0.15) is 0 Å². The molecule has 3 rings (SSSR count). The largest absolute Gasteiger partial charge is 0.330 e. The number of hydrogen-bond donors (Lipinski definition) is 1. The molecule has 0 bridgehead atoms. The Balaban J connectivity index is 1.82. The molecular weight excluding hydrogens is 232 g/mol. The normalized spacial score (nSPS) is 27.6. The third-order valence-electron chi connectivity index (χ3n) is 4.68. The van der Waals surface area contributed by atoms with Crippen LogP contribution in [-0.4, -0.2) is 29.3 Å². The van der Waals surface area contributed by atoms with Crippen molar-refractivity contribution in [3.63, 3.8) is 0 Å². The first-order valence-electron chi connectivity index (χ1n) is 6.81. The van der Waals surface area contributed by atoms with Gasteiger partial charge in [0, 0.05) is 6.54 Å². The van der Waals surface area contributed by atoms with Crippen molar-refractivity contribution >= 4 is 17.8 Å². The van der Waals surface area contributed by atoms with Crippen LogP contribution in [-0.2, 0) is 9.59 Å². The zero-order chi connectivity index (χ0) is 12.8. The molecule has 0 aromatic rings. The van der Waals surface area contributed by atoms with Crippen molar-refractivity contribution in [3.05, 3.63) is 0 Å². The Bertz CT molecular complexity index is 408. The van der Waals surface area contributed by atoms with E-state index in [0.29, 0.717) is 25.3 Å². The highest BCUT2D eigenvalue weighted by Gasteiger charge is 2.55. The van der Waals surface area contributed by atoms with Gasteiger partial charge in [-0.05, 0) is 31.6 Å². The van der Waals surface area contributed by atoms with Gasteiger partial charge in [-0.25, -0.2) is 4.79 Å². The number of nitrogens with zero attached hydrogens (tertiary/aromatic N) is 1. The minimum absolute atomic E-state index is 0.249. The van der Waals surface area contributed by atoms with Crippen molar-refractivity contribution in [1.82, 2.24) is 10.2 Å². The van der Waals surface area contributed by atoms with Gasteiger partial charge >= 0.3 is 6.03 Å². The second-order valence-electron chi connectivity index (χ2n) is 5.76. The molecule has 3 aliphatic rings. The maximum Gasteiger partial charge on any atom is 0.330 e. The molecule has 0 atom stereocenters. The van der Waals surface area contributed by atoms with Crippen LogP contribution < -0.4 is 5.32 Å². The molecule has 5 nitrogen and oxygen atoms in total. The van der Waals surface area contributed by atoms with Crippen LogP contribution in [0.5, 0.6) is 0 Å². The van der Waals surface area contributed by atoms with Crippen LogP contribution in [0.25, 0.3) is 0 Å². The molecule has 1 N–H and O–H groups in total. The van der Waals surface area contributed by atoms with E-state index in [-0.39, 0.29) is 11.8 Å². The summed E-state index contributed by atoms with van der Waals surface area (Å²) in [6.45, 7) is 0.486. The van der Waals surface area contributed by atoms with Gasteiger partial charge in [-0.1, -0.05) is 19.3 Å². The lowest BCUT2D eigenvalue weighted by Gasteiger charge is -2.39. The number of rotatable bonds is 2. The van der Waals surface area contributed by atoms with Crippen LogP contribution in [0.2, 0.25) is 0 Å². The van der Waals surface area contributed by atoms with Crippen LogP contribution in [0.15, 0.2) is 0 Å². The highest BCUT2D eigenvalue weighted by atomic mass is 16.2. The van der Waals surface area contributed by atoms with E-state index in [9.17, 15) is 14.4 Å². The average Bonchev–Trinajstić information content (AvgIpc) is 2.75. The number of imide groups is 2. The van der Waals surface area contributed by atoms with Crippen LogP contribution in [0, 0.1) is 11.3 Å². The molecule has 1 aliphatic heterocycles. The summed E-state index contributed by atoms with van der Waals surface area (Å²) in [5.41, 5.74) is -0.933. The maximum atomic E-state index is 12.5. The lowest BCUT2D eigenvalue weighted by molar-refractivity contribution is -0.151. The minimum Gasteiger partial charge on any atom is -0.277 e. The average molecular weight is 250 g/mol. The molecule has 5 heteroatoms. The molecule has 0 unspecified atom stereocenters. The molecule has 1 heterocycles. The molecule has 1 saturated heterocycles. The molecule has 18 heavy (non-hydrogen) atoms. The lowest BCUT2D eigenvalue weighted by Crippen LogP contribution is -2.63. The molecule has 2 aliphatic carbocycles. The summed E-state index contributed by atoms with van der Waals surface area (Å²) >= 11 is 0. The summed E-state index contributed by atoms with van der Waals surface area (Å²) in [5.74, 6) is -0.188. The molecular formula is C13H18N2O3. The van der Waals surface area contributed by atoms with Crippen molar-refractivity contribution in [3.8, 4) is 0 Å². The molecule has 1 spiro atoms. The summed E-state index contributed by atoms with van der Waals surface area (Å²) in [7, 11) is 0. The standard InChI is InChI=1S/C13H18N2O3/c16-10-13(6-1-2-7-13)11(17)15(12(18)14-10)8-9-4-3-5-9/h9H,1-8H2,(H,14,16,18). The Morgan fingerprint density at radius 2 is 1.78 bits per heavy atom. The summed E-state index contributed by atoms with van der Waals surface area (Å²) in [6.07, 6.45) is 6.31. The third-order valence-corrected chi connectivity index (χ3v) is 4.68. The number of hydrogen-bond acceptors (Lipinski definition) is 3. The molecule has 3 fully saturated rings. The van der Waals surface area contributed by atoms with Gasteiger partial charge in [0.2, 0.25) is 11.8 Å². The molecule has 0 radical (unpaired) electrons. The van der Waals surface area contributed by atoms with Gasteiger partial charge in [-0.15, -0.1) is 0 Å². The highest BCUT2D eigenvalue weighted by molar-refractivity contribution is 6.19. The Morgan fingerprint density at radius 3 is 2.33 bits per heavy atom. The number of amides is 4. The zero-order valence-electron chi connectivity index (χ0n) is 10.4. The minimum atomic E-state index is -0.933. The summed E-state index contributed by atoms with van der Waals surface area (Å²) in [5, 5.41) is 2.37. The topological polar surface area (TPSA) is 66.5 Å². The molecule has 0 aromatic carbocycles. The number of carbonyl (C=O) groups is 3. The number of barbiturate groups is 1. The van der Waals surface area contributed by atoms with Crippen LogP contribution in [0.1, 0.15) is 44.9 Å².